The van der Waals surface area contributed by atoms with E-state index in [-0.39, 0.29) is 17.9 Å². The van der Waals surface area contributed by atoms with Crippen molar-refractivity contribution in [3.8, 4) is 0 Å². The maximum atomic E-state index is 13.7. The molecule has 0 radical (unpaired) electrons. The second kappa shape index (κ2) is 11.7. The number of carbonyl (C=O) groups excluding carboxylic acids is 2. The fourth-order valence-corrected chi connectivity index (χ4v) is 4.77. The van der Waals surface area contributed by atoms with Crippen molar-refractivity contribution in [2.45, 2.75) is 66.0 Å². The average Bonchev–Trinajstić information content (AvgIpc) is 2.77. The highest BCUT2D eigenvalue weighted by Crippen LogP contribution is 2.26. The minimum atomic E-state index is -3.75. The van der Waals surface area contributed by atoms with Crippen LogP contribution in [0.3, 0.4) is 0 Å². The van der Waals surface area contributed by atoms with Crippen molar-refractivity contribution < 1.29 is 18.0 Å². The van der Waals surface area contributed by atoms with Crippen LogP contribution in [0.2, 0.25) is 0 Å². The molecular formula is C27H39N3O4S. The predicted molar refractivity (Wildman–Crippen MR) is 142 cm³/mol. The van der Waals surface area contributed by atoms with Crippen LogP contribution in [-0.4, -0.2) is 50.5 Å². The number of likely N-dealkylation sites (N-methyl/N-ethyl adjacent to an activating group) is 1. The molecular weight excluding hydrogens is 462 g/mol. The number of carbonyl (C=O) groups is 2. The molecule has 8 heteroatoms. The highest BCUT2D eigenvalue weighted by Gasteiger charge is 2.31. The van der Waals surface area contributed by atoms with Gasteiger partial charge in [-0.1, -0.05) is 64.1 Å². The second-order valence-corrected chi connectivity index (χ2v) is 11.7. The summed E-state index contributed by atoms with van der Waals surface area (Å²) in [6, 6.07) is 14.2. The molecule has 35 heavy (non-hydrogen) atoms. The molecule has 0 saturated heterocycles. The van der Waals surface area contributed by atoms with Gasteiger partial charge in [0.15, 0.2) is 0 Å². The molecule has 0 aromatic heterocycles. The number of anilines is 1. The van der Waals surface area contributed by atoms with Crippen LogP contribution in [0, 0.1) is 6.92 Å². The number of nitrogens with one attached hydrogen (secondary N) is 1. The maximum Gasteiger partial charge on any atom is 0.244 e. The zero-order chi connectivity index (χ0) is 26.4. The summed E-state index contributed by atoms with van der Waals surface area (Å²) in [5, 5.41) is 2.80. The van der Waals surface area contributed by atoms with E-state index in [1.54, 1.807) is 12.1 Å². The van der Waals surface area contributed by atoms with Gasteiger partial charge < -0.3 is 10.2 Å². The number of aryl methyl sites for hydroxylation is 1. The van der Waals surface area contributed by atoms with Crippen LogP contribution >= 0.6 is 0 Å². The van der Waals surface area contributed by atoms with Crippen LogP contribution in [0.25, 0.3) is 0 Å². The number of benzene rings is 2. The molecule has 0 aliphatic rings. The SMILES string of the molecule is CCNC(=O)C(CC)N(Cc1ccccc1C)C(=O)CN(c1ccc(C(C)(C)C)cc1)S(C)(=O)=O. The zero-order valence-corrected chi connectivity index (χ0v) is 22.8. The van der Waals surface area contributed by atoms with E-state index in [4.69, 9.17) is 0 Å². The molecule has 2 aromatic carbocycles. The smallest absolute Gasteiger partial charge is 0.244 e. The van der Waals surface area contributed by atoms with E-state index >= 15 is 0 Å². The molecule has 0 heterocycles. The highest BCUT2D eigenvalue weighted by atomic mass is 32.2. The number of nitrogens with zero attached hydrogens (tertiary/aromatic N) is 2. The van der Waals surface area contributed by atoms with Crippen molar-refractivity contribution in [1.82, 2.24) is 10.2 Å². The largest absolute Gasteiger partial charge is 0.355 e. The van der Waals surface area contributed by atoms with Gasteiger partial charge in [0.05, 0.1) is 11.9 Å². The van der Waals surface area contributed by atoms with Crippen LogP contribution in [0.5, 0.6) is 0 Å². The van der Waals surface area contributed by atoms with E-state index in [2.05, 4.69) is 26.1 Å². The van der Waals surface area contributed by atoms with Gasteiger partial charge >= 0.3 is 0 Å². The first kappa shape index (κ1) is 28.4. The van der Waals surface area contributed by atoms with E-state index < -0.39 is 28.5 Å². The molecule has 2 amide bonds. The van der Waals surface area contributed by atoms with Crippen molar-refractivity contribution in [2.24, 2.45) is 0 Å². The Bertz CT molecular complexity index is 1120. The van der Waals surface area contributed by atoms with Gasteiger partial charge in [0.2, 0.25) is 21.8 Å². The van der Waals surface area contributed by atoms with Gasteiger partial charge in [0, 0.05) is 13.1 Å². The Kier molecular flexibility index (Phi) is 9.49. The van der Waals surface area contributed by atoms with Crippen molar-refractivity contribution in [2.75, 3.05) is 23.7 Å². The Balaban J connectivity index is 2.45. The summed E-state index contributed by atoms with van der Waals surface area (Å²) in [6.45, 7) is 12.1. The van der Waals surface area contributed by atoms with Crippen LogP contribution in [0.15, 0.2) is 48.5 Å². The van der Waals surface area contributed by atoms with Crippen molar-refractivity contribution in [3.05, 3.63) is 65.2 Å². The number of hydrogen-bond donors (Lipinski definition) is 1. The molecule has 1 unspecified atom stereocenters. The highest BCUT2D eigenvalue weighted by molar-refractivity contribution is 7.92. The summed E-state index contributed by atoms with van der Waals surface area (Å²) in [5.41, 5.74) is 3.29. The monoisotopic (exact) mass is 501 g/mol. The molecule has 2 aromatic rings. The second-order valence-electron chi connectivity index (χ2n) is 9.83. The van der Waals surface area contributed by atoms with E-state index in [1.165, 1.54) is 4.90 Å². The molecule has 1 atom stereocenters. The molecule has 0 aliphatic carbocycles. The Labute approximate surface area is 210 Å². The number of sulfonamides is 1. The zero-order valence-electron chi connectivity index (χ0n) is 22.0. The van der Waals surface area contributed by atoms with Gasteiger partial charge in [-0.2, -0.15) is 0 Å². The first-order valence-corrected chi connectivity index (χ1v) is 13.8. The molecule has 7 nitrogen and oxygen atoms in total. The minimum absolute atomic E-state index is 0.0877. The lowest BCUT2D eigenvalue weighted by Crippen LogP contribution is -2.52. The Hall–Kier alpha value is -2.87. The Morgan fingerprint density at radius 2 is 1.60 bits per heavy atom. The lowest BCUT2D eigenvalue weighted by Gasteiger charge is -2.33. The average molecular weight is 502 g/mol. The fraction of sp³-hybridized carbons (Fsp3) is 0.481. The summed E-state index contributed by atoms with van der Waals surface area (Å²) < 4.78 is 26.6. The van der Waals surface area contributed by atoms with Crippen LogP contribution in [0.4, 0.5) is 5.69 Å². The first-order valence-electron chi connectivity index (χ1n) is 12.0. The molecule has 2 rings (SSSR count). The van der Waals surface area contributed by atoms with Crippen LogP contribution in [-0.2, 0) is 31.6 Å². The first-order chi connectivity index (χ1) is 16.3. The van der Waals surface area contributed by atoms with Gasteiger partial charge in [-0.25, -0.2) is 8.42 Å². The summed E-state index contributed by atoms with van der Waals surface area (Å²) in [4.78, 5) is 28.0. The van der Waals surface area contributed by atoms with Gasteiger partial charge in [0.1, 0.15) is 12.6 Å². The van der Waals surface area contributed by atoms with Crippen molar-refractivity contribution >= 4 is 27.5 Å². The fourth-order valence-electron chi connectivity index (χ4n) is 3.92. The van der Waals surface area contributed by atoms with Gasteiger partial charge in [-0.05, 0) is 54.5 Å². The van der Waals surface area contributed by atoms with Gasteiger partial charge in [-0.15, -0.1) is 0 Å². The lowest BCUT2D eigenvalue weighted by molar-refractivity contribution is -0.140. The van der Waals surface area contributed by atoms with E-state index in [1.807, 2.05) is 57.2 Å². The third-order valence-corrected chi connectivity index (χ3v) is 7.18. The quantitative estimate of drug-likeness (QED) is 0.533. The Morgan fingerprint density at radius 1 is 1.00 bits per heavy atom. The summed E-state index contributed by atoms with van der Waals surface area (Å²) in [5.74, 6) is -0.686. The summed E-state index contributed by atoms with van der Waals surface area (Å²) in [7, 11) is -3.75. The molecule has 0 saturated carbocycles. The van der Waals surface area contributed by atoms with E-state index in [0.717, 1.165) is 27.3 Å². The lowest BCUT2D eigenvalue weighted by atomic mass is 9.87. The van der Waals surface area contributed by atoms with Crippen molar-refractivity contribution in [1.29, 1.82) is 0 Å². The standard InChI is InChI=1S/C27H39N3O4S/c1-8-24(26(32)28-9-2)29(18-21-13-11-10-12-20(21)3)25(31)19-30(35(7,33)34)23-16-14-22(15-17-23)27(4,5)6/h10-17,24H,8-9,18-19H2,1-7H3,(H,28,32). The van der Waals surface area contributed by atoms with E-state index in [0.29, 0.717) is 18.7 Å². The molecule has 0 aliphatic heterocycles. The van der Waals surface area contributed by atoms with Gasteiger partial charge in [-0.3, -0.25) is 13.9 Å². The summed E-state index contributed by atoms with van der Waals surface area (Å²) in [6.07, 6.45) is 1.49. The predicted octanol–water partition coefficient (Wildman–Crippen LogP) is 4.00. The van der Waals surface area contributed by atoms with Crippen LogP contribution < -0.4 is 9.62 Å². The number of amides is 2. The summed E-state index contributed by atoms with van der Waals surface area (Å²) >= 11 is 0. The molecule has 0 spiro atoms. The topological polar surface area (TPSA) is 86.8 Å². The third kappa shape index (κ3) is 7.56. The minimum Gasteiger partial charge on any atom is -0.355 e. The molecule has 1 N–H and O–H groups in total. The van der Waals surface area contributed by atoms with Crippen LogP contribution in [0.1, 0.15) is 57.7 Å². The molecule has 0 fully saturated rings. The van der Waals surface area contributed by atoms with Crippen molar-refractivity contribution in [3.63, 3.8) is 0 Å². The molecule has 0 bridgehead atoms. The van der Waals surface area contributed by atoms with E-state index in [9.17, 15) is 18.0 Å². The molecule has 192 valence electrons. The van der Waals surface area contributed by atoms with Gasteiger partial charge in [0.25, 0.3) is 0 Å². The maximum absolute atomic E-state index is 13.7. The Morgan fingerprint density at radius 3 is 2.09 bits per heavy atom. The number of hydrogen-bond acceptors (Lipinski definition) is 4. The third-order valence-electron chi connectivity index (χ3n) is 6.04. The normalized spacial score (nSPS) is 12.7. The number of rotatable bonds is 10.